The monoisotopic (exact) mass is 200 g/mol. The van der Waals surface area contributed by atoms with Gasteiger partial charge in [-0.2, -0.15) is 0 Å². The number of rotatable bonds is 2. The van der Waals surface area contributed by atoms with Crippen molar-refractivity contribution < 1.29 is 14.8 Å². The maximum Gasteiger partial charge on any atom is 0.364 e. The van der Waals surface area contributed by atoms with Gasteiger partial charge in [-0.1, -0.05) is 0 Å². The van der Waals surface area contributed by atoms with Crippen LogP contribution in [0.3, 0.4) is 0 Å². The van der Waals surface area contributed by atoms with Gasteiger partial charge in [-0.05, 0) is 9.91 Å². The van der Waals surface area contributed by atoms with Crippen LogP contribution in [0.5, 0.6) is 0 Å². The normalized spacial score (nSPS) is 9.62. The van der Waals surface area contributed by atoms with Crippen molar-refractivity contribution in [2.75, 3.05) is 0 Å². The van der Waals surface area contributed by atoms with Crippen LogP contribution in [0.4, 0.5) is 5.82 Å². The van der Waals surface area contributed by atoms with Crippen molar-refractivity contribution in [3.63, 3.8) is 0 Å². The van der Waals surface area contributed by atoms with Crippen molar-refractivity contribution in [1.82, 2.24) is 4.98 Å². The van der Waals surface area contributed by atoms with Gasteiger partial charge in [-0.15, -0.1) is 12.6 Å². The molecule has 0 aliphatic rings. The van der Waals surface area contributed by atoms with Gasteiger partial charge in [0, 0.05) is 0 Å². The summed E-state index contributed by atoms with van der Waals surface area (Å²) in [6.45, 7) is 0. The highest BCUT2D eigenvalue weighted by atomic mass is 32.1. The highest BCUT2D eigenvalue weighted by Gasteiger charge is 2.15. The number of pyridine rings is 1. The van der Waals surface area contributed by atoms with E-state index in [9.17, 15) is 14.9 Å². The molecule has 1 rings (SSSR count). The molecule has 0 saturated carbocycles. The van der Waals surface area contributed by atoms with Gasteiger partial charge in [0.2, 0.25) is 0 Å². The number of aromatic nitrogens is 1. The van der Waals surface area contributed by atoms with Crippen LogP contribution in [0.25, 0.3) is 0 Å². The highest BCUT2D eigenvalue weighted by Crippen LogP contribution is 2.17. The molecule has 0 bridgehead atoms. The molecule has 0 aliphatic carbocycles. The summed E-state index contributed by atoms with van der Waals surface area (Å²) in [7, 11) is 0. The zero-order valence-electron chi connectivity index (χ0n) is 6.17. The van der Waals surface area contributed by atoms with Crippen molar-refractivity contribution in [3.05, 3.63) is 27.9 Å². The molecule has 0 unspecified atom stereocenters. The first-order valence-electron chi connectivity index (χ1n) is 3.09. The van der Waals surface area contributed by atoms with Gasteiger partial charge >= 0.3 is 11.8 Å². The third-order valence-electron chi connectivity index (χ3n) is 1.29. The maximum atomic E-state index is 10.5. The Morgan fingerprint density at radius 2 is 2.31 bits per heavy atom. The van der Waals surface area contributed by atoms with Crippen molar-refractivity contribution in [1.29, 1.82) is 0 Å². The molecule has 68 valence electrons. The number of carboxylic acid groups (broad SMARTS) is 1. The number of nitro groups is 1. The van der Waals surface area contributed by atoms with E-state index in [4.69, 9.17) is 5.11 Å². The molecular weight excluding hydrogens is 196 g/mol. The largest absolute Gasteiger partial charge is 0.478 e. The minimum atomic E-state index is -1.27. The Balaban J connectivity index is 3.27. The molecule has 6 nitrogen and oxygen atoms in total. The van der Waals surface area contributed by atoms with Crippen molar-refractivity contribution in [2.24, 2.45) is 0 Å². The lowest BCUT2D eigenvalue weighted by molar-refractivity contribution is -0.389. The fourth-order valence-electron chi connectivity index (χ4n) is 0.708. The van der Waals surface area contributed by atoms with Crippen molar-refractivity contribution >= 4 is 24.4 Å². The number of hydrogen-bond acceptors (Lipinski definition) is 5. The van der Waals surface area contributed by atoms with E-state index in [0.717, 1.165) is 12.3 Å². The lowest BCUT2D eigenvalue weighted by Gasteiger charge is -1.96. The number of carboxylic acids is 1. The van der Waals surface area contributed by atoms with Crippen molar-refractivity contribution in [2.45, 2.75) is 4.90 Å². The molecule has 1 heterocycles. The molecular formula is C6H4N2O4S. The number of carbonyl (C=O) groups is 1. The number of thiol groups is 1. The van der Waals surface area contributed by atoms with Crippen LogP contribution in [-0.2, 0) is 0 Å². The average molecular weight is 200 g/mol. The van der Waals surface area contributed by atoms with Crippen LogP contribution in [0.1, 0.15) is 10.4 Å². The smallest absolute Gasteiger partial charge is 0.364 e. The molecule has 13 heavy (non-hydrogen) atoms. The minimum Gasteiger partial charge on any atom is -0.478 e. The third-order valence-corrected chi connectivity index (χ3v) is 1.64. The average Bonchev–Trinajstić information content (AvgIpc) is 2.04. The van der Waals surface area contributed by atoms with E-state index in [1.54, 1.807) is 0 Å². The summed E-state index contributed by atoms with van der Waals surface area (Å²) in [6.07, 6.45) is 1.03. The predicted octanol–water partition coefficient (Wildman–Crippen LogP) is 0.977. The van der Waals surface area contributed by atoms with E-state index in [1.165, 1.54) is 0 Å². The second-order valence-corrected chi connectivity index (χ2v) is 2.60. The van der Waals surface area contributed by atoms with Gasteiger partial charge in [0.15, 0.2) is 6.20 Å². The van der Waals surface area contributed by atoms with Gasteiger partial charge in [0.1, 0.15) is 0 Å². The van der Waals surface area contributed by atoms with Crippen LogP contribution in [-0.4, -0.2) is 21.0 Å². The predicted molar refractivity (Wildman–Crippen MR) is 45.1 cm³/mol. The van der Waals surface area contributed by atoms with E-state index in [2.05, 4.69) is 17.6 Å². The number of aromatic carboxylic acids is 1. The Labute approximate surface area is 77.8 Å². The molecule has 1 aromatic heterocycles. The Morgan fingerprint density at radius 1 is 1.69 bits per heavy atom. The lowest BCUT2D eigenvalue weighted by Crippen LogP contribution is -2.01. The zero-order valence-corrected chi connectivity index (χ0v) is 7.06. The van der Waals surface area contributed by atoms with E-state index >= 15 is 0 Å². The fourth-order valence-corrected chi connectivity index (χ4v) is 0.926. The summed E-state index contributed by atoms with van der Waals surface area (Å²) >= 11 is 3.79. The molecule has 0 saturated heterocycles. The summed E-state index contributed by atoms with van der Waals surface area (Å²) in [4.78, 5) is 23.4. The van der Waals surface area contributed by atoms with Crippen LogP contribution >= 0.6 is 12.6 Å². The quantitative estimate of drug-likeness (QED) is 0.421. The summed E-state index contributed by atoms with van der Waals surface area (Å²) < 4.78 is 0. The molecule has 0 fully saturated rings. The SMILES string of the molecule is O=C(O)c1cc([N+](=O)[O-])ncc1S. The Morgan fingerprint density at radius 3 is 2.77 bits per heavy atom. The minimum absolute atomic E-state index is 0.0955. The van der Waals surface area contributed by atoms with Crippen LogP contribution in [0.2, 0.25) is 0 Å². The van der Waals surface area contributed by atoms with E-state index < -0.39 is 16.7 Å². The molecule has 1 N–H and O–H groups in total. The van der Waals surface area contributed by atoms with Crippen LogP contribution < -0.4 is 0 Å². The first-order chi connectivity index (χ1) is 6.02. The lowest BCUT2D eigenvalue weighted by atomic mass is 10.2. The fraction of sp³-hybridized carbons (Fsp3) is 0. The van der Waals surface area contributed by atoms with E-state index in [-0.39, 0.29) is 10.5 Å². The van der Waals surface area contributed by atoms with Gasteiger partial charge in [0.05, 0.1) is 16.5 Å². The molecule has 0 atom stereocenters. The Kier molecular flexibility index (Phi) is 2.47. The van der Waals surface area contributed by atoms with Gasteiger partial charge in [0.25, 0.3) is 0 Å². The first kappa shape index (κ1) is 9.46. The molecule has 7 heteroatoms. The standard InChI is InChI=1S/C6H4N2O4S/c9-6(10)3-1-5(8(11)12)7-2-4(3)13/h1-2,13H,(H,9,10). The van der Waals surface area contributed by atoms with Gasteiger partial charge in [-0.3, -0.25) is 0 Å². The first-order valence-corrected chi connectivity index (χ1v) is 3.54. The third kappa shape index (κ3) is 1.94. The topological polar surface area (TPSA) is 93.3 Å². The number of nitrogens with zero attached hydrogens (tertiary/aromatic N) is 2. The van der Waals surface area contributed by atoms with E-state index in [0.29, 0.717) is 0 Å². The molecule has 0 aliphatic heterocycles. The molecule has 1 aromatic rings. The van der Waals surface area contributed by atoms with Crippen molar-refractivity contribution in [3.8, 4) is 0 Å². The van der Waals surface area contributed by atoms with Crippen LogP contribution in [0, 0.1) is 10.1 Å². The summed E-state index contributed by atoms with van der Waals surface area (Å²) in [5.41, 5.74) is -0.231. The molecule has 0 amide bonds. The molecule has 0 spiro atoms. The maximum absolute atomic E-state index is 10.5. The second-order valence-electron chi connectivity index (χ2n) is 2.12. The molecule has 0 radical (unpaired) electrons. The van der Waals surface area contributed by atoms with Gasteiger partial charge in [-0.25, -0.2) is 4.79 Å². The summed E-state index contributed by atoms with van der Waals surface area (Å²) in [5.74, 6) is -1.77. The van der Waals surface area contributed by atoms with Crippen LogP contribution in [0.15, 0.2) is 17.2 Å². The zero-order chi connectivity index (χ0) is 10.0. The van der Waals surface area contributed by atoms with Gasteiger partial charge < -0.3 is 15.2 Å². The van der Waals surface area contributed by atoms with E-state index in [1.807, 2.05) is 0 Å². The Hall–Kier alpha value is -1.63. The summed E-state index contributed by atoms with van der Waals surface area (Å²) in [5, 5.41) is 18.8. The Bertz CT molecular complexity index is 379. The summed E-state index contributed by atoms with van der Waals surface area (Å²) in [6, 6.07) is 0.866. The number of hydrogen-bond donors (Lipinski definition) is 2. The highest BCUT2D eigenvalue weighted by molar-refractivity contribution is 7.80. The second kappa shape index (κ2) is 3.40. The molecule has 0 aromatic carbocycles.